The van der Waals surface area contributed by atoms with Crippen LogP contribution in [-0.4, -0.2) is 62.1 Å². The zero-order valence-corrected chi connectivity index (χ0v) is 23.1. The molecule has 0 unspecified atom stereocenters. The molecule has 1 N–H and O–H groups in total. The Morgan fingerprint density at radius 2 is 1.64 bits per heavy atom. The van der Waals surface area contributed by atoms with Crippen LogP contribution in [0.3, 0.4) is 0 Å². The Morgan fingerprint density at radius 1 is 0.923 bits per heavy atom. The molecule has 0 aliphatic carbocycles. The van der Waals surface area contributed by atoms with Crippen molar-refractivity contribution in [1.29, 1.82) is 0 Å². The molecule has 0 aromatic heterocycles. The fourth-order valence-electron chi connectivity index (χ4n) is 4.07. The minimum absolute atomic E-state index is 0.0409. The maximum Gasteiger partial charge on any atom is 0.238 e. The average molecular weight is 550 g/mol. The molecule has 0 spiro atoms. The Bertz CT molecular complexity index is 1350. The summed E-state index contributed by atoms with van der Waals surface area (Å²) < 4.78 is 21.3. The SMILES string of the molecule is COc1ccc(N=C2S[C@@H](C(=O)Nc3ccccc3OC)CC(=O)N2CCc2ccc(OC)c(OC)c2)cc1. The number of thioether (sulfide) groups is 1. The fraction of sp³-hybridized carbons (Fsp3) is 0.276. The summed E-state index contributed by atoms with van der Waals surface area (Å²) in [4.78, 5) is 33.0. The number of para-hydroxylation sites is 2. The van der Waals surface area contributed by atoms with Crippen molar-refractivity contribution in [2.75, 3.05) is 40.3 Å². The van der Waals surface area contributed by atoms with Gasteiger partial charge in [0.15, 0.2) is 16.7 Å². The molecule has 10 heteroatoms. The van der Waals surface area contributed by atoms with Crippen molar-refractivity contribution in [3.8, 4) is 23.0 Å². The van der Waals surface area contributed by atoms with Gasteiger partial charge in [0.2, 0.25) is 11.8 Å². The van der Waals surface area contributed by atoms with E-state index in [1.54, 1.807) is 57.6 Å². The highest BCUT2D eigenvalue weighted by molar-refractivity contribution is 8.15. The molecule has 2 amide bonds. The first kappa shape index (κ1) is 27.8. The first-order chi connectivity index (χ1) is 18.9. The van der Waals surface area contributed by atoms with Crippen LogP contribution in [0, 0.1) is 0 Å². The number of benzene rings is 3. The molecule has 3 aromatic rings. The number of hydrogen-bond acceptors (Lipinski definition) is 8. The Labute approximate surface area is 232 Å². The molecular weight excluding hydrogens is 518 g/mol. The van der Waals surface area contributed by atoms with Crippen LogP contribution in [0.1, 0.15) is 12.0 Å². The molecule has 1 fully saturated rings. The number of carbonyl (C=O) groups excluding carboxylic acids is 2. The lowest BCUT2D eigenvalue weighted by Gasteiger charge is -2.32. The fourth-order valence-corrected chi connectivity index (χ4v) is 5.19. The van der Waals surface area contributed by atoms with Gasteiger partial charge in [-0.3, -0.25) is 14.5 Å². The van der Waals surface area contributed by atoms with Gasteiger partial charge in [-0.25, -0.2) is 4.99 Å². The van der Waals surface area contributed by atoms with Gasteiger partial charge in [-0.15, -0.1) is 0 Å². The van der Waals surface area contributed by atoms with Gasteiger partial charge in [0, 0.05) is 13.0 Å². The number of amidine groups is 1. The van der Waals surface area contributed by atoms with E-state index in [4.69, 9.17) is 23.9 Å². The van der Waals surface area contributed by atoms with E-state index in [0.717, 1.165) is 5.56 Å². The van der Waals surface area contributed by atoms with Gasteiger partial charge < -0.3 is 24.3 Å². The summed E-state index contributed by atoms with van der Waals surface area (Å²) in [6.45, 7) is 0.386. The normalized spacial score (nSPS) is 16.1. The van der Waals surface area contributed by atoms with Crippen molar-refractivity contribution in [3.05, 3.63) is 72.3 Å². The molecule has 0 saturated carbocycles. The Balaban J connectivity index is 1.57. The number of methoxy groups -OCH3 is 4. The largest absolute Gasteiger partial charge is 0.497 e. The van der Waals surface area contributed by atoms with Gasteiger partial charge in [-0.05, 0) is 60.5 Å². The summed E-state index contributed by atoms with van der Waals surface area (Å²) in [5.74, 6) is 2.03. The van der Waals surface area contributed by atoms with Crippen LogP contribution in [0.15, 0.2) is 71.7 Å². The zero-order valence-electron chi connectivity index (χ0n) is 22.3. The monoisotopic (exact) mass is 549 g/mol. The second-order valence-corrected chi connectivity index (χ2v) is 9.75. The van der Waals surface area contributed by atoms with Crippen LogP contribution < -0.4 is 24.3 Å². The molecular formula is C29H31N3O6S. The minimum atomic E-state index is -0.656. The molecule has 1 saturated heterocycles. The molecule has 3 aromatic carbocycles. The van der Waals surface area contributed by atoms with E-state index in [-0.39, 0.29) is 18.2 Å². The predicted octanol–water partition coefficient (Wildman–Crippen LogP) is 4.92. The molecule has 0 radical (unpaired) electrons. The highest BCUT2D eigenvalue weighted by atomic mass is 32.2. The summed E-state index contributed by atoms with van der Waals surface area (Å²) in [6, 6.07) is 20.0. The molecule has 1 aliphatic rings. The lowest BCUT2D eigenvalue weighted by Crippen LogP contribution is -2.46. The van der Waals surface area contributed by atoms with Crippen LogP contribution in [0.5, 0.6) is 23.0 Å². The summed E-state index contributed by atoms with van der Waals surface area (Å²) in [6.07, 6.45) is 0.603. The molecule has 39 heavy (non-hydrogen) atoms. The van der Waals surface area contributed by atoms with Crippen molar-refractivity contribution < 1.29 is 28.5 Å². The summed E-state index contributed by atoms with van der Waals surface area (Å²) in [7, 11) is 6.31. The van der Waals surface area contributed by atoms with Gasteiger partial charge in [-0.2, -0.15) is 0 Å². The van der Waals surface area contributed by atoms with Crippen LogP contribution >= 0.6 is 11.8 Å². The third kappa shape index (κ3) is 6.83. The molecule has 9 nitrogen and oxygen atoms in total. The second kappa shape index (κ2) is 13.1. The first-order valence-electron chi connectivity index (χ1n) is 12.3. The second-order valence-electron chi connectivity index (χ2n) is 8.58. The minimum Gasteiger partial charge on any atom is -0.497 e. The Kier molecular flexibility index (Phi) is 9.32. The average Bonchev–Trinajstić information content (AvgIpc) is 2.97. The van der Waals surface area contributed by atoms with E-state index in [1.165, 1.54) is 11.8 Å². The molecule has 1 aliphatic heterocycles. The summed E-state index contributed by atoms with van der Waals surface area (Å²) >= 11 is 1.26. The van der Waals surface area contributed by atoms with Crippen LogP contribution in [0.2, 0.25) is 0 Å². The number of ether oxygens (including phenoxy) is 4. The number of rotatable bonds is 10. The van der Waals surface area contributed by atoms with Gasteiger partial charge in [-0.1, -0.05) is 30.0 Å². The third-order valence-electron chi connectivity index (χ3n) is 6.17. The number of hydrogen-bond donors (Lipinski definition) is 1. The Hall–Kier alpha value is -4.18. The van der Waals surface area contributed by atoms with Crippen molar-refractivity contribution >= 4 is 40.1 Å². The quantitative estimate of drug-likeness (QED) is 0.383. The molecule has 0 bridgehead atoms. The molecule has 4 rings (SSSR count). The standard InChI is InChI=1S/C29H31N3O6S/c1-35-21-12-10-20(11-13-21)30-29-32(16-15-19-9-14-24(37-3)25(17-19)38-4)27(33)18-26(39-29)28(34)31-22-7-5-6-8-23(22)36-2/h5-14,17,26H,15-16,18H2,1-4H3,(H,31,34)/t26-/m1/s1. The lowest BCUT2D eigenvalue weighted by atomic mass is 10.1. The zero-order chi connectivity index (χ0) is 27.8. The Morgan fingerprint density at radius 3 is 2.33 bits per heavy atom. The topological polar surface area (TPSA) is 98.7 Å². The molecule has 1 atom stereocenters. The van der Waals surface area contributed by atoms with Crippen molar-refractivity contribution in [2.24, 2.45) is 4.99 Å². The predicted molar refractivity (Wildman–Crippen MR) is 153 cm³/mol. The third-order valence-corrected chi connectivity index (χ3v) is 7.35. The van der Waals surface area contributed by atoms with Gasteiger partial charge >= 0.3 is 0 Å². The lowest BCUT2D eigenvalue weighted by molar-refractivity contribution is -0.129. The number of nitrogens with zero attached hydrogens (tertiary/aromatic N) is 2. The highest BCUT2D eigenvalue weighted by Crippen LogP contribution is 2.33. The smallest absolute Gasteiger partial charge is 0.238 e. The van der Waals surface area contributed by atoms with Gasteiger partial charge in [0.05, 0.1) is 39.8 Å². The van der Waals surface area contributed by atoms with Crippen molar-refractivity contribution in [3.63, 3.8) is 0 Å². The number of carbonyl (C=O) groups is 2. The summed E-state index contributed by atoms with van der Waals surface area (Å²) in [5.41, 5.74) is 2.17. The highest BCUT2D eigenvalue weighted by Gasteiger charge is 2.36. The number of amides is 2. The van der Waals surface area contributed by atoms with Crippen LogP contribution in [0.4, 0.5) is 11.4 Å². The first-order valence-corrected chi connectivity index (χ1v) is 13.2. The van der Waals surface area contributed by atoms with Gasteiger partial charge in [0.1, 0.15) is 16.7 Å². The maximum absolute atomic E-state index is 13.4. The number of nitrogens with one attached hydrogen (secondary N) is 1. The van der Waals surface area contributed by atoms with E-state index in [0.29, 0.717) is 52.5 Å². The van der Waals surface area contributed by atoms with Crippen LogP contribution in [0.25, 0.3) is 0 Å². The molecule has 204 valence electrons. The van der Waals surface area contributed by atoms with Gasteiger partial charge in [0.25, 0.3) is 0 Å². The molecule has 1 heterocycles. The van der Waals surface area contributed by atoms with E-state index in [1.807, 2.05) is 42.5 Å². The van der Waals surface area contributed by atoms with Crippen LogP contribution in [-0.2, 0) is 16.0 Å². The maximum atomic E-state index is 13.4. The summed E-state index contributed by atoms with van der Waals surface area (Å²) in [5, 5.41) is 2.69. The van der Waals surface area contributed by atoms with E-state index in [9.17, 15) is 9.59 Å². The number of aliphatic imine (C=N–C) groups is 1. The van der Waals surface area contributed by atoms with E-state index < -0.39 is 5.25 Å². The van der Waals surface area contributed by atoms with Crippen molar-refractivity contribution in [2.45, 2.75) is 18.1 Å². The number of anilines is 1. The van der Waals surface area contributed by atoms with E-state index in [2.05, 4.69) is 5.32 Å². The van der Waals surface area contributed by atoms with E-state index >= 15 is 0 Å². The van der Waals surface area contributed by atoms with Crippen molar-refractivity contribution in [1.82, 2.24) is 4.90 Å².